The molecule has 3 aromatic carbocycles. The van der Waals surface area contributed by atoms with E-state index in [2.05, 4.69) is 71.9 Å². The minimum atomic E-state index is 0.494. The second kappa shape index (κ2) is 11.8. The monoisotopic (exact) mass is 629 g/mol. The van der Waals surface area contributed by atoms with Gasteiger partial charge in [-0.3, -0.25) is 0 Å². The Kier molecular flexibility index (Phi) is 7.80. The number of thioether (sulfide) groups is 1. The summed E-state index contributed by atoms with van der Waals surface area (Å²) < 4.78 is 15.6. The van der Waals surface area contributed by atoms with Crippen molar-refractivity contribution >= 4 is 50.3 Å². The lowest BCUT2D eigenvalue weighted by Crippen LogP contribution is -2.28. The van der Waals surface area contributed by atoms with Crippen molar-refractivity contribution in [2.45, 2.75) is 24.8 Å². The summed E-state index contributed by atoms with van der Waals surface area (Å²) in [6, 6.07) is 24.5. The topological polar surface area (TPSA) is 82.6 Å². The summed E-state index contributed by atoms with van der Waals surface area (Å²) in [5.41, 5.74) is 4.99. The average Bonchev–Trinajstić information content (AvgIpc) is 3.56. The van der Waals surface area contributed by atoms with Gasteiger partial charge >= 0.3 is 0 Å². The van der Waals surface area contributed by atoms with Crippen molar-refractivity contribution in [1.82, 2.24) is 29.1 Å². The second-order valence-electron chi connectivity index (χ2n) is 9.39. The predicted molar refractivity (Wildman–Crippen MR) is 165 cm³/mol. The van der Waals surface area contributed by atoms with Gasteiger partial charge in [-0.05, 0) is 69.7 Å². The lowest BCUT2D eigenvalue weighted by Gasteiger charge is -2.25. The standard InChI is InChI=1S/C30H28BrN7O2S/c1-39-22-12-8-20(9-13-22)17-36(30-35-29(41-3)34-28-24(31)16-32-38(28)30)19-27-33-25-6-4-5-7-26(25)37(27)18-21-10-14-23(40-2)15-11-21/h4-16H,17-19H2,1-3H3. The van der Waals surface area contributed by atoms with Crippen LogP contribution in [0.15, 0.2) is 88.6 Å². The fraction of sp³-hybridized carbons (Fsp3) is 0.200. The van der Waals surface area contributed by atoms with E-state index in [0.717, 1.165) is 44.0 Å². The molecule has 0 saturated heterocycles. The number of hydrogen-bond donors (Lipinski definition) is 0. The third-order valence-electron chi connectivity index (χ3n) is 6.85. The van der Waals surface area contributed by atoms with Crippen LogP contribution in [0.1, 0.15) is 17.0 Å². The molecule has 0 spiro atoms. The third-order valence-corrected chi connectivity index (χ3v) is 7.96. The van der Waals surface area contributed by atoms with Crippen LogP contribution in [0, 0.1) is 0 Å². The van der Waals surface area contributed by atoms with Crippen molar-refractivity contribution in [3.8, 4) is 11.5 Å². The number of para-hydroxylation sites is 2. The van der Waals surface area contributed by atoms with Crippen molar-refractivity contribution in [1.29, 1.82) is 0 Å². The SMILES string of the molecule is COc1ccc(CN(Cc2nc3ccccc3n2Cc2ccc(OC)cc2)c2nc(SC)nc3c(Br)cnn23)cc1. The van der Waals surface area contributed by atoms with E-state index in [1.807, 2.05) is 42.7 Å². The van der Waals surface area contributed by atoms with Gasteiger partial charge in [-0.15, -0.1) is 0 Å². The van der Waals surface area contributed by atoms with Crippen LogP contribution < -0.4 is 14.4 Å². The molecular weight excluding hydrogens is 602 g/mol. The normalized spacial score (nSPS) is 11.3. The van der Waals surface area contributed by atoms with E-state index < -0.39 is 0 Å². The first-order chi connectivity index (χ1) is 20.1. The largest absolute Gasteiger partial charge is 0.497 e. The average molecular weight is 631 g/mol. The molecule has 0 unspecified atom stereocenters. The summed E-state index contributed by atoms with van der Waals surface area (Å²) >= 11 is 5.10. The number of ether oxygens (including phenoxy) is 2. The van der Waals surface area contributed by atoms with Crippen LogP contribution in [-0.4, -0.2) is 49.6 Å². The van der Waals surface area contributed by atoms with E-state index >= 15 is 0 Å². The molecule has 41 heavy (non-hydrogen) atoms. The number of imidazole rings is 1. The summed E-state index contributed by atoms with van der Waals surface area (Å²) in [6.07, 6.45) is 3.73. The molecule has 0 aliphatic rings. The Morgan fingerprint density at radius 2 is 1.51 bits per heavy atom. The van der Waals surface area contributed by atoms with E-state index in [-0.39, 0.29) is 0 Å². The first-order valence-corrected chi connectivity index (χ1v) is 15.0. The van der Waals surface area contributed by atoms with Gasteiger partial charge < -0.3 is 18.9 Å². The molecule has 3 aromatic heterocycles. The molecule has 0 aliphatic heterocycles. The van der Waals surface area contributed by atoms with Crippen molar-refractivity contribution in [3.63, 3.8) is 0 Å². The van der Waals surface area contributed by atoms with Crippen molar-refractivity contribution in [2.24, 2.45) is 0 Å². The molecule has 0 atom stereocenters. The molecule has 0 N–H and O–H groups in total. The molecule has 9 nitrogen and oxygen atoms in total. The Morgan fingerprint density at radius 1 is 0.829 bits per heavy atom. The Morgan fingerprint density at radius 3 is 2.20 bits per heavy atom. The lowest BCUT2D eigenvalue weighted by molar-refractivity contribution is 0.414. The van der Waals surface area contributed by atoms with Crippen LogP contribution in [0.3, 0.4) is 0 Å². The maximum atomic E-state index is 5.39. The highest BCUT2D eigenvalue weighted by molar-refractivity contribution is 9.10. The maximum Gasteiger partial charge on any atom is 0.231 e. The van der Waals surface area contributed by atoms with E-state index in [4.69, 9.17) is 19.4 Å². The van der Waals surface area contributed by atoms with Gasteiger partial charge in [0.15, 0.2) is 10.8 Å². The molecule has 0 fully saturated rings. The van der Waals surface area contributed by atoms with Gasteiger partial charge in [0.1, 0.15) is 17.3 Å². The Bertz CT molecular complexity index is 1800. The fourth-order valence-corrected chi connectivity index (χ4v) is 5.47. The van der Waals surface area contributed by atoms with Gasteiger partial charge in [0.05, 0.1) is 42.5 Å². The molecule has 11 heteroatoms. The smallest absolute Gasteiger partial charge is 0.231 e. The zero-order chi connectivity index (χ0) is 28.3. The zero-order valence-corrected chi connectivity index (χ0v) is 25.3. The number of aromatic nitrogens is 6. The van der Waals surface area contributed by atoms with E-state index in [0.29, 0.717) is 36.4 Å². The van der Waals surface area contributed by atoms with E-state index in [9.17, 15) is 0 Å². The number of fused-ring (bicyclic) bond motifs is 2. The molecule has 6 rings (SSSR count). The predicted octanol–water partition coefficient (Wildman–Crippen LogP) is 6.23. The molecule has 0 amide bonds. The first-order valence-electron chi connectivity index (χ1n) is 13.0. The van der Waals surface area contributed by atoms with Gasteiger partial charge in [-0.1, -0.05) is 48.2 Å². The first kappa shape index (κ1) is 27.1. The maximum absolute atomic E-state index is 5.39. The quantitative estimate of drug-likeness (QED) is 0.165. The summed E-state index contributed by atoms with van der Waals surface area (Å²) in [5.74, 6) is 3.24. The molecule has 3 heterocycles. The van der Waals surface area contributed by atoms with Crippen LogP contribution in [-0.2, 0) is 19.6 Å². The fourth-order valence-electron chi connectivity index (χ4n) is 4.77. The Balaban J connectivity index is 1.46. The number of nitrogens with zero attached hydrogens (tertiary/aromatic N) is 7. The summed E-state index contributed by atoms with van der Waals surface area (Å²) in [7, 11) is 3.35. The van der Waals surface area contributed by atoms with Crippen molar-refractivity contribution in [2.75, 3.05) is 25.4 Å². The van der Waals surface area contributed by atoms with Gasteiger partial charge in [0, 0.05) is 13.1 Å². The van der Waals surface area contributed by atoms with Crippen LogP contribution in [0.2, 0.25) is 0 Å². The van der Waals surface area contributed by atoms with Crippen LogP contribution in [0.5, 0.6) is 11.5 Å². The highest BCUT2D eigenvalue weighted by Gasteiger charge is 2.22. The molecule has 0 bridgehead atoms. The van der Waals surface area contributed by atoms with Crippen LogP contribution in [0.25, 0.3) is 16.7 Å². The molecule has 0 saturated carbocycles. The molecule has 6 aromatic rings. The number of rotatable bonds is 10. The molecule has 208 valence electrons. The molecule has 0 aliphatic carbocycles. The number of hydrogen-bond acceptors (Lipinski definition) is 8. The summed E-state index contributed by atoms with van der Waals surface area (Å²) in [4.78, 5) is 16.9. The summed E-state index contributed by atoms with van der Waals surface area (Å²) in [6.45, 7) is 1.74. The number of methoxy groups -OCH3 is 2. The Hall–Kier alpha value is -4.09. The van der Waals surface area contributed by atoms with Gasteiger partial charge in [0.25, 0.3) is 0 Å². The van der Waals surface area contributed by atoms with Crippen LogP contribution >= 0.6 is 27.7 Å². The Labute approximate surface area is 250 Å². The number of halogens is 1. The third kappa shape index (κ3) is 5.59. The van der Waals surface area contributed by atoms with Crippen molar-refractivity contribution in [3.05, 3.63) is 100 Å². The van der Waals surface area contributed by atoms with Gasteiger partial charge in [-0.2, -0.15) is 14.6 Å². The molecular formula is C30H28BrN7O2S. The second-order valence-corrected chi connectivity index (χ2v) is 11.0. The zero-order valence-electron chi connectivity index (χ0n) is 22.9. The minimum Gasteiger partial charge on any atom is -0.497 e. The number of benzene rings is 3. The minimum absolute atomic E-state index is 0.494. The van der Waals surface area contributed by atoms with Gasteiger partial charge in [0.2, 0.25) is 5.95 Å². The molecule has 0 radical (unpaired) electrons. The number of anilines is 1. The van der Waals surface area contributed by atoms with Crippen molar-refractivity contribution < 1.29 is 9.47 Å². The lowest BCUT2D eigenvalue weighted by atomic mass is 10.2. The highest BCUT2D eigenvalue weighted by Crippen LogP contribution is 2.27. The summed E-state index contributed by atoms with van der Waals surface area (Å²) in [5, 5.41) is 5.28. The van der Waals surface area contributed by atoms with E-state index in [1.54, 1.807) is 24.9 Å². The highest BCUT2D eigenvalue weighted by atomic mass is 79.9. The van der Waals surface area contributed by atoms with Crippen LogP contribution in [0.4, 0.5) is 5.95 Å². The van der Waals surface area contributed by atoms with E-state index in [1.165, 1.54) is 11.8 Å². The van der Waals surface area contributed by atoms with Gasteiger partial charge in [-0.25, -0.2) is 9.97 Å².